The van der Waals surface area contributed by atoms with E-state index in [1.165, 1.54) is 0 Å². The van der Waals surface area contributed by atoms with Crippen LogP contribution in [0, 0.1) is 0 Å². The number of carboxylic acids is 1. The van der Waals surface area contributed by atoms with Crippen LogP contribution in [0.4, 0.5) is 0 Å². The highest BCUT2D eigenvalue weighted by atomic mass is 16.6. The Bertz CT molecular complexity index is 205. The van der Waals surface area contributed by atoms with Crippen molar-refractivity contribution in [1.82, 2.24) is 0 Å². The Morgan fingerprint density at radius 2 is 1.62 bits per heavy atom. The lowest BCUT2D eigenvalue weighted by Crippen LogP contribution is -2.62. The number of carbonyl (C=O) groups excluding carboxylic acids is 1. The molecule has 7 nitrogen and oxygen atoms in total. The first kappa shape index (κ1) is 10.4. The fraction of sp³-hybridized carbons (Fsp3) is 0.833. The Balaban J connectivity index is 2.76. The zero-order valence-electron chi connectivity index (χ0n) is 6.40. The first-order valence-corrected chi connectivity index (χ1v) is 3.53. The van der Waals surface area contributed by atoms with E-state index in [4.69, 9.17) is 20.4 Å². The van der Waals surface area contributed by atoms with E-state index in [-0.39, 0.29) is 0 Å². The lowest BCUT2D eigenvalue weighted by Gasteiger charge is -2.38. The predicted molar refractivity (Wildman–Crippen MR) is 33.9 cm³/mol. The third-order valence-electron chi connectivity index (χ3n) is 1.82. The van der Waals surface area contributed by atoms with Gasteiger partial charge >= 0.3 is 0 Å². The highest BCUT2D eigenvalue weighted by molar-refractivity contribution is 5.71. The zero-order valence-corrected chi connectivity index (χ0v) is 6.40. The molecule has 0 saturated carbocycles. The van der Waals surface area contributed by atoms with Crippen molar-refractivity contribution in [3.05, 3.63) is 0 Å². The maximum Gasteiger partial charge on any atom is 0.184 e. The van der Waals surface area contributed by atoms with Crippen LogP contribution < -0.4 is 5.11 Å². The molecule has 0 bridgehead atoms. The molecule has 13 heavy (non-hydrogen) atoms. The number of aliphatic hydroxyl groups excluding tert-OH is 4. The van der Waals surface area contributed by atoms with E-state index in [2.05, 4.69) is 4.74 Å². The van der Waals surface area contributed by atoms with Crippen LogP contribution in [0.15, 0.2) is 0 Å². The Kier molecular flexibility index (Phi) is 2.84. The number of rotatable bonds is 1. The lowest BCUT2D eigenvalue weighted by molar-refractivity contribution is -0.345. The maximum atomic E-state index is 10.3. The summed E-state index contributed by atoms with van der Waals surface area (Å²) >= 11 is 0. The second-order valence-corrected chi connectivity index (χ2v) is 2.74. The molecule has 1 heterocycles. The standard InChI is InChI=1S/C6H10O7/c7-1-2(8)4(5(10)11)13-6(12)3(1)9/h1-4,6-9,12H,(H,10,11)/p-1/t1-,2+,3+,4+,6-/m0/s1. The van der Waals surface area contributed by atoms with Crippen LogP contribution >= 0.6 is 0 Å². The van der Waals surface area contributed by atoms with Gasteiger partial charge in [-0.3, -0.25) is 0 Å². The van der Waals surface area contributed by atoms with Gasteiger partial charge < -0.3 is 35.1 Å². The van der Waals surface area contributed by atoms with Crippen molar-refractivity contribution < 1.29 is 35.1 Å². The maximum absolute atomic E-state index is 10.3. The summed E-state index contributed by atoms with van der Waals surface area (Å²) in [5.41, 5.74) is 0. The van der Waals surface area contributed by atoms with Crippen molar-refractivity contribution in [3.8, 4) is 0 Å². The van der Waals surface area contributed by atoms with Crippen molar-refractivity contribution in [1.29, 1.82) is 0 Å². The van der Waals surface area contributed by atoms with Crippen LogP contribution in [0.1, 0.15) is 0 Å². The summed E-state index contributed by atoms with van der Waals surface area (Å²) in [6, 6.07) is 0. The molecule has 1 aliphatic rings. The molecule has 0 amide bonds. The van der Waals surface area contributed by atoms with Crippen molar-refractivity contribution in [2.75, 3.05) is 0 Å². The molecule has 0 aliphatic carbocycles. The van der Waals surface area contributed by atoms with Gasteiger partial charge in [-0.05, 0) is 0 Å². The molecule has 0 unspecified atom stereocenters. The Hall–Kier alpha value is -0.730. The molecule has 1 saturated heterocycles. The van der Waals surface area contributed by atoms with Crippen molar-refractivity contribution in [2.24, 2.45) is 0 Å². The molecule has 4 N–H and O–H groups in total. The quantitative estimate of drug-likeness (QED) is 0.330. The van der Waals surface area contributed by atoms with Gasteiger partial charge in [0, 0.05) is 0 Å². The molecule has 0 aromatic carbocycles. The van der Waals surface area contributed by atoms with Gasteiger partial charge in [0.05, 0.1) is 5.97 Å². The number of hydrogen-bond donors (Lipinski definition) is 4. The molecule has 7 heteroatoms. The third-order valence-corrected chi connectivity index (χ3v) is 1.82. The molecule has 1 aliphatic heterocycles. The third kappa shape index (κ3) is 1.79. The van der Waals surface area contributed by atoms with Crippen LogP contribution in [0.25, 0.3) is 0 Å². The normalized spacial score (nSPS) is 46.0. The largest absolute Gasteiger partial charge is 0.547 e. The number of carbonyl (C=O) groups is 1. The highest BCUT2D eigenvalue weighted by Gasteiger charge is 2.43. The van der Waals surface area contributed by atoms with E-state index in [1.807, 2.05) is 0 Å². The molecule has 1 rings (SSSR count). The number of ether oxygens (including phenoxy) is 1. The molecular weight excluding hydrogens is 184 g/mol. The van der Waals surface area contributed by atoms with Crippen molar-refractivity contribution in [2.45, 2.75) is 30.7 Å². The van der Waals surface area contributed by atoms with Crippen molar-refractivity contribution >= 4 is 5.97 Å². The van der Waals surface area contributed by atoms with E-state index < -0.39 is 36.7 Å². The molecule has 1 fully saturated rings. The topological polar surface area (TPSA) is 130 Å². The Morgan fingerprint density at radius 1 is 1.08 bits per heavy atom. The summed E-state index contributed by atoms with van der Waals surface area (Å²) < 4.78 is 4.28. The van der Waals surface area contributed by atoms with E-state index in [0.717, 1.165) is 0 Å². The highest BCUT2D eigenvalue weighted by Crippen LogP contribution is 2.19. The summed E-state index contributed by atoms with van der Waals surface area (Å²) in [6.45, 7) is 0. The van der Waals surface area contributed by atoms with Crippen LogP contribution in [0.3, 0.4) is 0 Å². The van der Waals surface area contributed by atoms with E-state index in [9.17, 15) is 9.90 Å². The van der Waals surface area contributed by atoms with E-state index in [1.54, 1.807) is 0 Å². The minimum atomic E-state index is -1.85. The van der Waals surface area contributed by atoms with Gasteiger partial charge in [-0.15, -0.1) is 0 Å². The first-order valence-electron chi connectivity index (χ1n) is 3.53. The van der Waals surface area contributed by atoms with Gasteiger partial charge in [0.25, 0.3) is 0 Å². The lowest BCUT2D eigenvalue weighted by atomic mass is 9.99. The summed E-state index contributed by atoms with van der Waals surface area (Å²) in [7, 11) is 0. The molecule has 0 radical (unpaired) electrons. The van der Waals surface area contributed by atoms with Gasteiger partial charge in [-0.25, -0.2) is 0 Å². The molecular formula is C6H9O7-. The van der Waals surface area contributed by atoms with Crippen LogP contribution in [-0.2, 0) is 9.53 Å². The minimum Gasteiger partial charge on any atom is -0.547 e. The molecule has 76 valence electrons. The van der Waals surface area contributed by atoms with Crippen molar-refractivity contribution in [3.63, 3.8) is 0 Å². The van der Waals surface area contributed by atoms with Crippen LogP contribution in [0.5, 0.6) is 0 Å². The summed E-state index contributed by atoms with van der Waals surface area (Å²) in [5.74, 6) is -1.77. The fourth-order valence-corrected chi connectivity index (χ4v) is 1.06. The smallest absolute Gasteiger partial charge is 0.184 e. The van der Waals surface area contributed by atoms with Gasteiger partial charge in [0.15, 0.2) is 6.29 Å². The Labute approximate surface area is 72.8 Å². The fourth-order valence-electron chi connectivity index (χ4n) is 1.06. The predicted octanol–water partition coefficient (Wildman–Crippen LogP) is -4.46. The molecule has 0 aromatic heterocycles. The molecule has 0 spiro atoms. The molecule has 5 atom stereocenters. The van der Waals surface area contributed by atoms with E-state index in [0.29, 0.717) is 0 Å². The van der Waals surface area contributed by atoms with Gasteiger partial charge in [0.2, 0.25) is 0 Å². The number of carboxylic acid groups (broad SMARTS) is 1. The second kappa shape index (κ2) is 3.56. The van der Waals surface area contributed by atoms with E-state index >= 15 is 0 Å². The SMILES string of the molecule is O=C([O-])[C@@H]1O[C@H](O)[C@H](O)[C@@H](O)[C@H]1O. The van der Waals surface area contributed by atoms with Gasteiger partial charge in [0.1, 0.15) is 24.4 Å². The second-order valence-electron chi connectivity index (χ2n) is 2.74. The minimum absolute atomic E-state index is 1.73. The molecule has 0 aromatic rings. The van der Waals surface area contributed by atoms with Crippen LogP contribution in [0.2, 0.25) is 0 Å². The number of aliphatic carboxylic acids is 1. The summed E-state index contributed by atoms with van der Waals surface area (Å²) in [5, 5.41) is 46.1. The van der Waals surface area contributed by atoms with Gasteiger partial charge in [-0.2, -0.15) is 0 Å². The van der Waals surface area contributed by atoms with Gasteiger partial charge in [-0.1, -0.05) is 0 Å². The number of hydrogen-bond acceptors (Lipinski definition) is 7. The first-order chi connectivity index (χ1) is 5.95. The average Bonchev–Trinajstić information content (AvgIpc) is 2.07. The van der Waals surface area contributed by atoms with Crippen LogP contribution in [-0.4, -0.2) is 57.1 Å². The Morgan fingerprint density at radius 3 is 2.08 bits per heavy atom. The zero-order chi connectivity index (χ0) is 10.2. The summed E-state index contributed by atoms with van der Waals surface area (Å²) in [6.07, 6.45) is -9.00. The summed E-state index contributed by atoms with van der Waals surface area (Å²) in [4.78, 5) is 10.3. The number of aliphatic hydroxyl groups is 4. The monoisotopic (exact) mass is 193 g/mol. The average molecular weight is 193 g/mol.